The average Bonchev–Trinajstić information content (AvgIpc) is 3.24. The summed E-state index contributed by atoms with van der Waals surface area (Å²) in [5.41, 5.74) is 3.53. The Labute approximate surface area is 160 Å². The molecule has 1 aliphatic rings. The van der Waals surface area contributed by atoms with Crippen LogP contribution in [0.25, 0.3) is 15.3 Å². The van der Waals surface area contributed by atoms with Crippen molar-refractivity contribution in [1.29, 1.82) is 0 Å². The van der Waals surface area contributed by atoms with Crippen LogP contribution in [-0.4, -0.2) is 20.5 Å². The summed E-state index contributed by atoms with van der Waals surface area (Å²) in [7, 11) is 0. The Hall–Kier alpha value is -2.99. The largest absolute Gasteiger partial charge is 0.338 e. The first-order valence-electron chi connectivity index (χ1n) is 9.02. The van der Waals surface area contributed by atoms with Crippen molar-refractivity contribution < 1.29 is 4.79 Å². The summed E-state index contributed by atoms with van der Waals surface area (Å²) in [6, 6.07) is 17.9. The molecule has 0 spiro atoms. The van der Waals surface area contributed by atoms with E-state index in [9.17, 15) is 4.79 Å². The number of fused-ring (bicyclic) bond motifs is 2. The van der Waals surface area contributed by atoms with E-state index in [4.69, 9.17) is 10.1 Å². The van der Waals surface area contributed by atoms with Crippen molar-refractivity contribution >= 4 is 38.8 Å². The predicted molar refractivity (Wildman–Crippen MR) is 108 cm³/mol. The number of nitrogens with zero attached hydrogens (tertiary/aromatic N) is 3. The van der Waals surface area contributed by atoms with Crippen LogP contribution in [0.5, 0.6) is 0 Å². The normalized spacial score (nSPS) is 16.5. The van der Waals surface area contributed by atoms with E-state index >= 15 is 0 Å². The molecule has 0 radical (unpaired) electrons. The summed E-state index contributed by atoms with van der Waals surface area (Å²) in [5, 5.41) is 8.90. The summed E-state index contributed by atoms with van der Waals surface area (Å²) in [6.07, 6.45) is 1.38. The van der Waals surface area contributed by atoms with Gasteiger partial charge in [-0.2, -0.15) is 0 Å². The second-order valence-corrected chi connectivity index (χ2v) is 7.98. The third-order valence-corrected chi connectivity index (χ3v) is 5.85. The van der Waals surface area contributed by atoms with Gasteiger partial charge in [0.15, 0.2) is 11.6 Å². The second-order valence-electron chi connectivity index (χ2n) is 6.97. The number of anilines is 2. The Morgan fingerprint density at radius 2 is 1.85 bits per heavy atom. The van der Waals surface area contributed by atoms with E-state index in [-0.39, 0.29) is 5.78 Å². The molecule has 2 aromatic heterocycles. The summed E-state index contributed by atoms with van der Waals surface area (Å²) in [5.74, 6) is 1.07. The highest BCUT2D eigenvalue weighted by Gasteiger charge is 2.31. The Morgan fingerprint density at radius 1 is 1.07 bits per heavy atom. The number of nitrogens with one attached hydrogen (secondary N) is 1. The molecule has 2 aromatic carbocycles. The number of Topliss-reactive ketones (excluding diaryl/α,β-unsaturated/α-hetero) is 1. The van der Waals surface area contributed by atoms with Crippen LogP contribution >= 0.6 is 11.3 Å². The molecule has 27 heavy (non-hydrogen) atoms. The van der Waals surface area contributed by atoms with Crippen LogP contribution in [0.2, 0.25) is 0 Å². The van der Waals surface area contributed by atoms with Crippen LogP contribution in [0.3, 0.4) is 0 Å². The first-order chi connectivity index (χ1) is 13.2. The number of thiazole rings is 1. The number of hydrogen-bond donors (Lipinski definition) is 1. The molecule has 1 N–H and O–H groups in total. The number of carbonyl (C=O) groups is 1. The minimum Gasteiger partial charge on any atom is -0.338 e. The number of aromatic nitrogens is 3. The number of ketones is 1. The molecule has 0 fully saturated rings. The zero-order valence-electron chi connectivity index (χ0n) is 14.8. The lowest BCUT2D eigenvalue weighted by Gasteiger charge is -2.18. The fourth-order valence-electron chi connectivity index (χ4n) is 3.61. The second kappa shape index (κ2) is 6.32. The Kier molecular flexibility index (Phi) is 3.79. The minimum atomic E-state index is 0.148. The lowest BCUT2D eigenvalue weighted by atomic mass is 9.88. The van der Waals surface area contributed by atoms with Crippen molar-refractivity contribution in [3.05, 3.63) is 65.9 Å². The van der Waals surface area contributed by atoms with Crippen molar-refractivity contribution in [2.24, 2.45) is 5.92 Å². The molecule has 4 aromatic rings. The third-order valence-electron chi connectivity index (χ3n) is 4.84. The number of benzene rings is 2. The average molecular weight is 374 g/mol. The standard InChI is InChI=1S/C21H18N4OS/c1-13-11-16-19(17(26)12-13)20(22-14-7-3-2-4-8-14)24-25(16)21-23-15-9-5-6-10-18(15)27-21/h2-10,13H,11-12H2,1H3,(H,22,24). The molecule has 0 amide bonds. The van der Waals surface area contributed by atoms with Gasteiger partial charge < -0.3 is 5.32 Å². The molecule has 1 unspecified atom stereocenters. The molecule has 1 aliphatic carbocycles. The van der Waals surface area contributed by atoms with Crippen LogP contribution in [0.15, 0.2) is 54.6 Å². The smallest absolute Gasteiger partial charge is 0.211 e. The zero-order chi connectivity index (χ0) is 18.4. The van der Waals surface area contributed by atoms with Crippen LogP contribution < -0.4 is 5.32 Å². The number of para-hydroxylation sites is 2. The number of hydrogen-bond acceptors (Lipinski definition) is 5. The molecule has 5 rings (SSSR count). The monoisotopic (exact) mass is 374 g/mol. The molecule has 134 valence electrons. The van der Waals surface area contributed by atoms with E-state index in [0.29, 0.717) is 23.7 Å². The molecule has 0 bridgehead atoms. The topological polar surface area (TPSA) is 59.8 Å². The van der Waals surface area contributed by atoms with E-state index in [1.807, 2.05) is 53.2 Å². The van der Waals surface area contributed by atoms with Gasteiger partial charge in [0, 0.05) is 12.1 Å². The summed E-state index contributed by atoms with van der Waals surface area (Å²) in [6.45, 7) is 2.11. The van der Waals surface area contributed by atoms with Crippen molar-refractivity contribution in [2.45, 2.75) is 19.8 Å². The molecule has 5 nitrogen and oxygen atoms in total. The molecule has 0 aliphatic heterocycles. The Morgan fingerprint density at radius 3 is 2.67 bits per heavy atom. The van der Waals surface area contributed by atoms with Crippen LogP contribution in [-0.2, 0) is 6.42 Å². The predicted octanol–water partition coefficient (Wildman–Crippen LogP) is 4.99. The van der Waals surface area contributed by atoms with Gasteiger partial charge in [-0.3, -0.25) is 4.79 Å². The number of carbonyl (C=O) groups excluding carboxylic acids is 1. The minimum absolute atomic E-state index is 0.148. The maximum atomic E-state index is 12.8. The fraction of sp³-hybridized carbons (Fsp3) is 0.190. The van der Waals surface area contributed by atoms with Crippen molar-refractivity contribution in [2.75, 3.05) is 5.32 Å². The fourth-order valence-corrected chi connectivity index (χ4v) is 4.55. The van der Waals surface area contributed by atoms with Gasteiger partial charge in [0.25, 0.3) is 0 Å². The van der Waals surface area contributed by atoms with E-state index in [0.717, 1.165) is 33.2 Å². The van der Waals surface area contributed by atoms with Crippen molar-refractivity contribution in [1.82, 2.24) is 14.8 Å². The molecule has 2 heterocycles. The van der Waals surface area contributed by atoms with E-state index < -0.39 is 0 Å². The first kappa shape index (κ1) is 16.2. The molecule has 1 atom stereocenters. The lowest BCUT2D eigenvalue weighted by Crippen LogP contribution is -2.19. The van der Waals surface area contributed by atoms with Gasteiger partial charge in [-0.05, 0) is 36.6 Å². The number of rotatable bonds is 3. The van der Waals surface area contributed by atoms with E-state index in [1.165, 1.54) is 0 Å². The van der Waals surface area contributed by atoms with Crippen LogP contribution in [0.1, 0.15) is 29.4 Å². The van der Waals surface area contributed by atoms with Crippen molar-refractivity contribution in [3.8, 4) is 5.13 Å². The molecular formula is C21H18N4OS. The lowest BCUT2D eigenvalue weighted by molar-refractivity contribution is 0.0953. The highest BCUT2D eigenvalue weighted by atomic mass is 32.1. The molecule has 0 saturated carbocycles. The summed E-state index contributed by atoms with van der Waals surface area (Å²) < 4.78 is 2.98. The van der Waals surface area contributed by atoms with Crippen LogP contribution in [0.4, 0.5) is 11.5 Å². The third kappa shape index (κ3) is 2.82. The Balaban J connectivity index is 1.67. The molecule has 6 heteroatoms. The zero-order valence-corrected chi connectivity index (χ0v) is 15.7. The highest BCUT2D eigenvalue weighted by Crippen LogP contribution is 2.35. The maximum absolute atomic E-state index is 12.8. The van der Waals surface area contributed by atoms with Gasteiger partial charge in [-0.1, -0.05) is 48.6 Å². The summed E-state index contributed by atoms with van der Waals surface area (Å²) in [4.78, 5) is 17.6. The van der Waals surface area contributed by atoms with Gasteiger partial charge in [-0.25, -0.2) is 9.67 Å². The van der Waals surface area contributed by atoms with E-state index in [2.05, 4.69) is 18.3 Å². The quantitative estimate of drug-likeness (QED) is 0.549. The van der Waals surface area contributed by atoms with Gasteiger partial charge in [-0.15, -0.1) is 5.10 Å². The molecular weight excluding hydrogens is 356 g/mol. The molecule has 0 saturated heterocycles. The summed E-state index contributed by atoms with van der Waals surface area (Å²) >= 11 is 1.60. The van der Waals surface area contributed by atoms with Gasteiger partial charge in [0.05, 0.1) is 21.5 Å². The maximum Gasteiger partial charge on any atom is 0.211 e. The van der Waals surface area contributed by atoms with Gasteiger partial charge in [0.1, 0.15) is 0 Å². The van der Waals surface area contributed by atoms with Gasteiger partial charge >= 0.3 is 0 Å². The Bertz CT molecular complexity index is 1110. The van der Waals surface area contributed by atoms with Crippen molar-refractivity contribution in [3.63, 3.8) is 0 Å². The van der Waals surface area contributed by atoms with Gasteiger partial charge in [0.2, 0.25) is 5.13 Å². The highest BCUT2D eigenvalue weighted by molar-refractivity contribution is 7.20. The van der Waals surface area contributed by atoms with Crippen LogP contribution in [0, 0.1) is 5.92 Å². The SMILES string of the molecule is CC1CC(=O)c2c(Nc3ccccc3)nn(-c3nc4ccccc4s3)c2C1. The van der Waals surface area contributed by atoms with E-state index in [1.54, 1.807) is 11.3 Å². The first-order valence-corrected chi connectivity index (χ1v) is 9.84.